The molecule has 1 fully saturated rings. The van der Waals surface area contributed by atoms with Crippen molar-refractivity contribution in [2.24, 2.45) is 11.7 Å². The van der Waals surface area contributed by atoms with Gasteiger partial charge in [-0.15, -0.1) is 0 Å². The van der Waals surface area contributed by atoms with E-state index in [0.29, 0.717) is 19.4 Å². The Morgan fingerprint density at radius 3 is 2.81 bits per heavy atom. The van der Waals surface area contributed by atoms with Gasteiger partial charge in [-0.25, -0.2) is 0 Å². The fourth-order valence-electron chi connectivity index (χ4n) is 3.24. The lowest BCUT2D eigenvalue weighted by Gasteiger charge is -2.47. The second-order valence-electron chi connectivity index (χ2n) is 5.98. The van der Waals surface area contributed by atoms with Gasteiger partial charge >= 0.3 is 6.18 Å². The van der Waals surface area contributed by atoms with E-state index in [4.69, 9.17) is 5.73 Å². The van der Waals surface area contributed by atoms with E-state index in [1.807, 2.05) is 24.1 Å². The van der Waals surface area contributed by atoms with Gasteiger partial charge in [0.25, 0.3) is 0 Å². The van der Waals surface area contributed by atoms with E-state index in [-0.39, 0.29) is 19.4 Å². The average molecular weight is 301 g/mol. The molecule has 21 heavy (non-hydrogen) atoms. The lowest BCUT2D eigenvalue weighted by Crippen LogP contribution is -2.55. The predicted molar refractivity (Wildman–Crippen MR) is 75.5 cm³/mol. The number of hydrogen-bond acceptors (Lipinski definition) is 3. The topological polar surface area (TPSA) is 42.2 Å². The number of rotatable bonds is 4. The third-order valence-corrected chi connectivity index (χ3v) is 4.62. The first-order valence-electron chi connectivity index (χ1n) is 7.24. The SMILES string of the molecule is CN(Cc1cccnc1)C1(CN)CCCC(C(F)(F)F)C1. The highest BCUT2D eigenvalue weighted by molar-refractivity contribution is 5.10. The fourth-order valence-corrected chi connectivity index (χ4v) is 3.24. The number of likely N-dealkylation sites (N-methyl/N-ethyl adjacent to an activating group) is 1. The minimum atomic E-state index is -4.13. The Bertz CT molecular complexity index is 449. The number of halogens is 3. The van der Waals surface area contributed by atoms with Gasteiger partial charge in [0.05, 0.1) is 5.92 Å². The van der Waals surface area contributed by atoms with Crippen molar-refractivity contribution in [3.8, 4) is 0 Å². The number of pyridine rings is 1. The highest BCUT2D eigenvalue weighted by Crippen LogP contribution is 2.43. The smallest absolute Gasteiger partial charge is 0.329 e. The Labute approximate surface area is 123 Å². The number of nitrogens with two attached hydrogens (primary N) is 1. The van der Waals surface area contributed by atoms with Crippen LogP contribution in [0.15, 0.2) is 24.5 Å². The Morgan fingerprint density at radius 1 is 1.48 bits per heavy atom. The Morgan fingerprint density at radius 2 is 2.24 bits per heavy atom. The van der Waals surface area contributed by atoms with E-state index in [2.05, 4.69) is 4.98 Å². The summed E-state index contributed by atoms with van der Waals surface area (Å²) in [6.45, 7) is 0.811. The van der Waals surface area contributed by atoms with E-state index in [0.717, 1.165) is 5.56 Å². The van der Waals surface area contributed by atoms with Gasteiger partial charge in [0, 0.05) is 31.0 Å². The van der Waals surface area contributed by atoms with Crippen LogP contribution >= 0.6 is 0 Å². The average Bonchev–Trinajstić information content (AvgIpc) is 2.47. The maximum atomic E-state index is 13.0. The zero-order valence-electron chi connectivity index (χ0n) is 12.2. The van der Waals surface area contributed by atoms with Gasteiger partial charge in [-0.2, -0.15) is 13.2 Å². The van der Waals surface area contributed by atoms with Gasteiger partial charge in [0.2, 0.25) is 0 Å². The van der Waals surface area contributed by atoms with E-state index in [9.17, 15) is 13.2 Å². The minimum absolute atomic E-state index is 0.0871. The van der Waals surface area contributed by atoms with Crippen molar-refractivity contribution in [1.82, 2.24) is 9.88 Å². The third kappa shape index (κ3) is 3.74. The summed E-state index contributed by atoms with van der Waals surface area (Å²) in [6.07, 6.45) is 0.880. The molecule has 2 atom stereocenters. The summed E-state index contributed by atoms with van der Waals surface area (Å²) in [5, 5.41) is 0. The van der Waals surface area contributed by atoms with Crippen molar-refractivity contribution in [3.05, 3.63) is 30.1 Å². The lowest BCUT2D eigenvalue weighted by molar-refractivity contribution is -0.193. The van der Waals surface area contributed by atoms with Crippen molar-refractivity contribution in [2.75, 3.05) is 13.6 Å². The quantitative estimate of drug-likeness (QED) is 0.929. The number of nitrogens with zero attached hydrogens (tertiary/aromatic N) is 2. The molecule has 0 amide bonds. The van der Waals surface area contributed by atoms with Gasteiger partial charge in [-0.3, -0.25) is 9.88 Å². The van der Waals surface area contributed by atoms with Gasteiger partial charge in [0.1, 0.15) is 0 Å². The van der Waals surface area contributed by atoms with Crippen LogP contribution in [0.2, 0.25) is 0 Å². The molecule has 0 bridgehead atoms. The molecule has 6 heteroatoms. The first kappa shape index (κ1) is 16.2. The highest BCUT2D eigenvalue weighted by Gasteiger charge is 2.48. The van der Waals surface area contributed by atoms with Crippen molar-refractivity contribution in [2.45, 2.75) is 43.9 Å². The second kappa shape index (κ2) is 6.32. The fraction of sp³-hybridized carbons (Fsp3) is 0.667. The van der Waals surface area contributed by atoms with Crippen LogP contribution in [0.5, 0.6) is 0 Å². The zero-order chi connectivity index (χ0) is 15.5. The highest BCUT2D eigenvalue weighted by atomic mass is 19.4. The standard InChI is InChI=1S/C15H22F3N3/c1-21(10-12-4-3-7-20-9-12)14(11-19)6-2-5-13(8-14)15(16,17)18/h3-4,7,9,13H,2,5-6,8,10-11,19H2,1H3. The molecule has 0 spiro atoms. The van der Waals surface area contributed by atoms with E-state index in [1.165, 1.54) is 0 Å². The van der Waals surface area contributed by atoms with Gasteiger partial charge in [-0.05, 0) is 37.9 Å². The molecule has 1 heterocycles. The van der Waals surface area contributed by atoms with Crippen LogP contribution in [-0.4, -0.2) is 35.2 Å². The largest absolute Gasteiger partial charge is 0.391 e. The monoisotopic (exact) mass is 301 g/mol. The molecule has 1 aromatic rings. The van der Waals surface area contributed by atoms with Crippen molar-refractivity contribution in [3.63, 3.8) is 0 Å². The summed E-state index contributed by atoms with van der Waals surface area (Å²) in [4.78, 5) is 6.02. The summed E-state index contributed by atoms with van der Waals surface area (Å²) >= 11 is 0. The number of hydrogen-bond donors (Lipinski definition) is 1. The van der Waals surface area contributed by atoms with Crippen LogP contribution in [0.4, 0.5) is 13.2 Å². The maximum absolute atomic E-state index is 13.0. The molecule has 1 aliphatic rings. The van der Waals surface area contributed by atoms with E-state index < -0.39 is 17.6 Å². The summed E-state index contributed by atoms with van der Waals surface area (Å²) < 4.78 is 39.1. The summed E-state index contributed by atoms with van der Waals surface area (Å²) in [5.74, 6) is -1.24. The van der Waals surface area contributed by atoms with Crippen molar-refractivity contribution in [1.29, 1.82) is 0 Å². The van der Waals surface area contributed by atoms with Gasteiger partial charge in [0.15, 0.2) is 0 Å². The summed E-state index contributed by atoms with van der Waals surface area (Å²) in [5.41, 5.74) is 6.29. The van der Waals surface area contributed by atoms with Crippen LogP contribution in [0.3, 0.4) is 0 Å². The Hall–Kier alpha value is -1.14. The Balaban J connectivity index is 2.12. The summed E-state index contributed by atoms with van der Waals surface area (Å²) in [6, 6.07) is 3.76. The Kier molecular flexibility index (Phi) is 4.88. The van der Waals surface area contributed by atoms with Crippen molar-refractivity contribution >= 4 is 0 Å². The molecule has 2 N–H and O–H groups in total. The molecule has 3 nitrogen and oxygen atoms in total. The lowest BCUT2D eigenvalue weighted by atomic mass is 9.74. The molecular formula is C15H22F3N3. The molecule has 2 unspecified atom stereocenters. The van der Waals surface area contributed by atoms with Gasteiger partial charge < -0.3 is 5.73 Å². The van der Waals surface area contributed by atoms with E-state index >= 15 is 0 Å². The first-order chi connectivity index (χ1) is 9.87. The maximum Gasteiger partial charge on any atom is 0.391 e. The van der Waals surface area contributed by atoms with Crippen LogP contribution in [0.1, 0.15) is 31.2 Å². The third-order valence-electron chi connectivity index (χ3n) is 4.62. The first-order valence-corrected chi connectivity index (χ1v) is 7.24. The van der Waals surface area contributed by atoms with Crippen LogP contribution in [0, 0.1) is 5.92 Å². The van der Waals surface area contributed by atoms with E-state index in [1.54, 1.807) is 12.4 Å². The molecule has 1 saturated carbocycles. The minimum Gasteiger partial charge on any atom is -0.329 e. The predicted octanol–water partition coefficient (Wildman–Crippen LogP) is 2.96. The zero-order valence-corrected chi connectivity index (χ0v) is 12.2. The molecule has 118 valence electrons. The molecule has 2 rings (SSSR count). The van der Waals surface area contributed by atoms with Gasteiger partial charge in [-0.1, -0.05) is 12.5 Å². The van der Waals surface area contributed by atoms with Crippen LogP contribution in [0.25, 0.3) is 0 Å². The normalized spacial score (nSPS) is 27.0. The molecule has 1 aliphatic carbocycles. The van der Waals surface area contributed by atoms with Crippen LogP contribution < -0.4 is 5.73 Å². The number of aromatic nitrogens is 1. The molecule has 1 aromatic heterocycles. The second-order valence-corrected chi connectivity index (χ2v) is 5.98. The molecular weight excluding hydrogens is 279 g/mol. The molecule has 0 radical (unpaired) electrons. The van der Waals surface area contributed by atoms with Crippen LogP contribution in [-0.2, 0) is 6.54 Å². The number of alkyl halides is 3. The molecule has 0 saturated heterocycles. The summed E-state index contributed by atoms with van der Waals surface area (Å²) in [7, 11) is 1.86. The van der Waals surface area contributed by atoms with Crippen molar-refractivity contribution < 1.29 is 13.2 Å². The molecule has 0 aliphatic heterocycles. The molecule has 0 aromatic carbocycles.